The van der Waals surface area contributed by atoms with Gasteiger partial charge in [-0.05, 0) is 30.7 Å². The second-order valence-electron chi connectivity index (χ2n) is 3.64. The van der Waals surface area contributed by atoms with Gasteiger partial charge < -0.3 is 10.6 Å². The van der Waals surface area contributed by atoms with Crippen molar-refractivity contribution >= 4 is 21.9 Å². The van der Waals surface area contributed by atoms with Crippen molar-refractivity contribution in [1.82, 2.24) is 10.6 Å². The molecular weight excluding hydrogens is 297 g/mol. The van der Waals surface area contributed by atoms with Gasteiger partial charge in [0.25, 0.3) is 0 Å². The second kappa shape index (κ2) is 7.87. The van der Waals surface area contributed by atoms with E-state index in [-0.39, 0.29) is 5.82 Å². The fourth-order valence-corrected chi connectivity index (χ4v) is 1.90. The zero-order chi connectivity index (χ0) is 13.4. The smallest absolute Gasteiger partial charge is 0.191 e. The molecule has 2 N–H and O–H groups in total. The Kier molecular flexibility index (Phi) is 6.43. The summed E-state index contributed by atoms with van der Waals surface area (Å²) >= 11 is 3.26. The largest absolute Gasteiger partial charge is 0.357 e. The molecule has 98 valence electrons. The van der Waals surface area contributed by atoms with Gasteiger partial charge in [-0.3, -0.25) is 0 Å². The summed E-state index contributed by atoms with van der Waals surface area (Å²) in [5.41, 5.74) is 0.817. The molecule has 0 amide bonds. The fraction of sp³-hybridized carbons (Fsp3) is 0.308. The van der Waals surface area contributed by atoms with Crippen LogP contribution in [0.25, 0.3) is 0 Å². The normalized spacial score (nSPS) is 11.2. The molecule has 0 unspecified atom stereocenters. The summed E-state index contributed by atoms with van der Waals surface area (Å²) in [7, 11) is 0. The number of aliphatic imine (C=N–C) groups is 1. The van der Waals surface area contributed by atoms with E-state index in [9.17, 15) is 4.39 Å². The molecule has 0 aliphatic heterocycles. The minimum Gasteiger partial charge on any atom is -0.357 e. The fourth-order valence-electron chi connectivity index (χ4n) is 1.38. The van der Waals surface area contributed by atoms with E-state index in [0.717, 1.165) is 16.6 Å². The highest BCUT2D eigenvalue weighted by Gasteiger charge is 2.00. The van der Waals surface area contributed by atoms with Crippen molar-refractivity contribution in [2.45, 2.75) is 13.5 Å². The predicted octanol–water partition coefficient (Wildman–Crippen LogP) is 2.83. The van der Waals surface area contributed by atoms with Crippen LogP contribution < -0.4 is 10.6 Å². The molecule has 0 spiro atoms. The average Bonchev–Trinajstić information content (AvgIpc) is 2.31. The van der Waals surface area contributed by atoms with E-state index in [1.807, 2.05) is 13.0 Å². The Hall–Kier alpha value is -1.36. The Morgan fingerprint density at radius 1 is 1.44 bits per heavy atom. The molecule has 0 aromatic heterocycles. The number of guanidine groups is 1. The van der Waals surface area contributed by atoms with Crippen LogP contribution in [0.15, 0.2) is 40.3 Å². The number of nitrogens with zero attached hydrogens (tertiary/aromatic N) is 1. The number of hydrogen-bond donors (Lipinski definition) is 2. The lowest BCUT2D eigenvalue weighted by Crippen LogP contribution is -2.37. The van der Waals surface area contributed by atoms with Gasteiger partial charge in [0.15, 0.2) is 5.96 Å². The summed E-state index contributed by atoms with van der Waals surface area (Å²) in [6.07, 6.45) is 1.76. The van der Waals surface area contributed by atoms with Gasteiger partial charge in [0.2, 0.25) is 0 Å². The maximum Gasteiger partial charge on any atom is 0.191 e. The van der Waals surface area contributed by atoms with E-state index >= 15 is 0 Å². The van der Waals surface area contributed by atoms with E-state index in [1.165, 1.54) is 12.1 Å². The summed E-state index contributed by atoms with van der Waals surface area (Å²) in [6.45, 7) is 7.45. The Bertz CT molecular complexity index is 412. The lowest BCUT2D eigenvalue weighted by atomic mass is 10.2. The molecule has 0 radical (unpaired) electrons. The molecule has 1 aromatic carbocycles. The van der Waals surface area contributed by atoms with Gasteiger partial charge in [0, 0.05) is 17.6 Å². The zero-order valence-electron chi connectivity index (χ0n) is 10.3. The highest BCUT2D eigenvalue weighted by molar-refractivity contribution is 9.10. The molecule has 0 atom stereocenters. The second-order valence-corrected chi connectivity index (χ2v) is 4.56. The Labute approximate surface area is 115 Å². The van der Waals surface area contributed by atoms with E-state index in [1.54, 1.807) is 6.08 Å². The van der Waals surface area contributed by atoms with Crippen LogP contribution in [0.5, 0.6) is 0 Å². The van der Waals surface area contributed by atoms with Gasteiger partial charge in [0.1, 0.15) is 5.82 Å². The third kappa shape index (κ3) is 5.31. The Morgan fingerprint density at radius 3 is 2.83 bits per heavy atom. The SMILES string of the molecule is C=CCNC(=NCc1cc(F)cc(Br)c1)NCC. The van der Waals surface area contributed by atoms with Gasteiger partial charge in [-0.15, -0.1) is 6.58 Å². The maximum atomic E-state index is 13.2. The molecule has 5 heteroatoms. The molecule has 1 rings (SSSR count). The van der Waals surface area contributed by atoms with E-state index in [0.29, 0.717) is 19.0 Å². The van der Waals surface area contributed by atoms with Crippen LogP contribution in [0.3, 0.4) is 0 Å². The lowest BCUT2D eigenvalue weighted by Gasteiger charge is -2.09. The molecule has 3 nitrogen and oxygen atoms in total. The summed E-state index contributed by atoms with van der Waals surface area (Å²) in [5.74, 6) is 0.427. The van der Waals surface area contributed by atoms with Crippen molar-refractivity contribution in [3.63, 3.8) is 0 Å². The summed E-state index contributed by atoms with van der Waals surface area (Å²) in [6, 6.07) is 4.75. The summed E-state index contributed by atoms with van der Waals surface area (Å²) in [5, 5.41) is 6.19. The van der Waals surface area contributed by atoms with Gasteiger partial charge >= 0.3 is 0 Å². The highest BCUT2D eigenvalue weighted by atomic mass is 79.9. The Morgan fingerprint density at radius 2 is 2.22 bits per heavy atom. The monoisotopic (exact) mass is 313 g/mol. The van der Waals surface area contributed by atoms with Crippen LogP contribution in [-0.2, 0) is 6.54 Å². The molecule has 0 fully saturated rings. The number of rotatable bonds is 5. The van der Waals surface area contributed by atoms with E-state index in [4.69, 9.17) is 0 Å². The van der Waals surface area contributed by atoms with Crippen molar-refractivity contribution in [1.29, 1.82) is 0 Å². The number of hydrogen-bond acceptors (Lipinski definition) is 1. The highest BCUT2D eigenvalue weighted by Crippen LogP contribution is 2.15. The van der Waals surface area contributed by atoms with Crippen LogP contribution in [-0.4, -0.2) is 19.0 Å². The van der Waals surface area contributed by atoms with Gasteiger partial charge in [-0.2, -0.15) is 0 Å². The number of halogens is 2. The first-order chi connectivity index (χ1) is 8.65. The van der Waals surface area contributed by atoms with Gasteiger partial charge in [-0.1, -0.05) is 22.0 Å². The van der Waals surface area contributed by atoms with Crippen LogP contribution in [0.2, 0.25) is 0 Å². The van der Waals surface area contributed by atoms with E-state index in [2.05, 4.69) is 38.1 Å². The minimum atomic E-state index is -0.265. The molecule has 18 heavy (non-hydrogen) atoms. The molecule has 0 saturated heterocycles. The van der Waals surface area contributed by atoms with Crippen LogP contribution in [0.1, 0.15) is 12.5 Å². The van der Waals surface area contributed by atoms with Crippen molar-refractivity contribution in [2.75, 3.05) is 13.1 Å². The van der Waals surface area contributed by atoms with Crippen LogP contribution >= 0.6 is 15.9 Å². The molecular formula is C13H17BrFN3. The number of benzene rings is 1. The van der Waals surface area contributed by atoms with Crippen LogP contribution in [0.4, 0.5) is 4.39 Å². The summed E-state index contributed by atoms with van der Waals surface area (Å²) < 4.78 is 13.9. The van der Waals surface area contributed by atoms with E-state index < -0.39 is 0 Å². The quantitative estimate of drug-likeness (QED) is 0.498. The third-order valence-corrected chi connectivity index (χ3v) is 2.56. The molecule has 1 aromatic rings. The predicted molar refractivity (Wildman–Crippen MR) is 77.1 cm³/mol. The van der Waals surface area contributed by atoms with Crippen molar-refractivity contribution < 1.29 is 4.39 Å². The lowest BCUT2D eigenvalue weighted by molar-refractivity contribution is 0.624. The molecule has 0 bridgehead atoms. The topological polar surface area (TPSA) is 36.4 Å². The first-order valence-corrected chi connectivity index (χ1v) is 6.53. The molecule has 0 heterocycles. The molecule has 0 aliphatic rings. The van der Waals surface area contributed by atoms with Gasteiger partial charge in [-0.25, -0.2) is 9.38 Å². The Balaban J connectivity index is 2.70. The van der Waals surface area contributed by atoms with Gasteiger partial charge in [0.05, 0.1) is 6.54 Å². The first kappa shape index (κ1) is 14.7. The summed E-state index contributed by atoms with van der Waals surface area (Å²) in [4.78, 5) is 4.36. The van der Waals surface area contributed by atoms with Crippen molar-refractivity contribution in [2.24, 2.45) is 4.99 Å². The molecule has 0 aliphatic carbocycles. The standard InChI is InChI=1S/C13H17BrFN3/c1-3-5-17-13(16-4-2)18-9-10-6-11(14)8-12(15)7-10/h3,6-8H,1,4-5,9H2,2H3,(H2,16,17,18). The first-order valence-electron chi connectivity index (χ1n) is 5.73. The van der Waals surface area contributed by atoms with Crippen molar-refractivity contribution in [3.8, 4) is 0 Å². The number of nitrogens with one attached hydrogen (secondary N) is 2. The zero-order valence-corrected chi connectivity index (χ0v) is 11.9. The maximum absolute atomic E-state index is 13.2. The third-order valence-electron chi connectivity index (χ3n) is 2.10. The average molecular weight is 314 g/mol. The molecule has 0 saturated carbocycles. The van der Waals surface area contributed by atoms with Crippen molar-refractivity contribution in [3.05, 3.63) is 46.7 Å². The van der Waals surface area contributed by atoms with Crippen LogP contribution in [0, 0.1) is 5.82 Å². The minimum absolute atomic E-state index is 0.265.